The summed E-state index contributed by atoms with van der Waals surface area (Å²) in [5.41, 5.74) is 0. The second-order valence-electron chi connectivity index (χ2n) is 5.36. The predicted octanol–water partition coefficient (Wildman–Crippen LogP) is 3.09. The van der Waals surface area contributed by atoms with E-state index in [1.165, 1.54) is 45.4 Å². The van der Waals surface area contributed by atoms with E-state index in [-0.39, 0.29) is 0 Å². The van der Waals surface area contributed by atoms with E-state index < -0.39 is 0 Å². The first kappa shape index (κ1) is 12.5. The third-order valence-corrected chi connectivity index (χ3v) is 4.02. The van der Waals surface area contributed by atoms with Gasteiger partial charge in [0.1, 0.15) is 0 Å². The van der Waals surface area contributed by atoms with Crippen LogP contribution < -0.4 is 0 Å². The van der Waals surface area contributed by atoms with Crippen LogP contribution in [0.4, 0.5) is 0 Å². The Morgan fingerprint density at radius 1 is 0.882 bits per heavy atom. The smallest absolute Gasteiger partial charge is 0.0235 e. The van der Waals surface area contributed by atoms with E-state index in [1.807, 2.05) is 0 Å². The van der Waals surface area contributed by atoms with Crippen molar-refractivity contribution in [1.29, 1.82) is 0 Å². The molecule has 2 atom stereocenters. The molecule has 0 aromatic rings. The summed E-state index contributed by atoms with van der Waals surface area (Å²) in [7, 11) is 0. The molecule has 0 spiro atoms. The molecule has 0 saturated carbocycles. The monoisotopic (exact) mass is 234 g/mol. The van der Waals surface area contributed by atoms with Crippen molar-refractivity contribution in [1.82, 2.24) is 9.80 Å². The van der Waals surface area contributed by atoms with E-state index >= 15 is 0 Å². The van der Waals surface area contributed by atoms with Crippen molar-refractivity contribution in [3.63, 3.8) is 0 Å². The van der Waals surface area contributed by atoms with Crippen LogP contribution in [0.2, 0.25) is 0 Å². The molecule has 0 radical (unpaired) electrons. The standard InChI is InChI=1S/C15H26N2/c1-3-14-6-10-16(12-14)8-5-9-17-11-7-15(4-2)13-17/h6-7,10-11,14-15H,3-5,8-9,12-13H2,1-2H3. The summed E-state index contributed by atoms with van der Waals surface area (Å²) >= 11 is 0. The third-order valence-electron chi connectivity index (χ3n) is 4.02. The van der Waals surface area contributed by atoms with Crippen LogP contribution >= 0.6 is 0 Å². The van der Waals surface area contributed by atoms with Crippen molar-refractivity contribution >= 4 is 0 Å². The van der Waals surface area contributed by atoms with Crippen LogP contribution in [-0.4, -0.2) is 36.0 Å². The molecular formula is C15H26N2. The molecule has 0 bridgehead atoms. The van der Waals surface area contributed by atoms with E-state index in [0.717, 1.165) is 11.8 Å². The highest BCUT2D eigenvalue weighted by Gasteiger charge is 2.15. The fourth-order valence-corrected chi connectivity index (χ4v) is 2.67. The second kappa shape index (κ2) is 6.13. The summed E-state index contributed by atoms with van der Waals surface area (Å²) in [6.45, 7) is 9.47. The summed E-state index contributed by atoms with van der Waals surface area (Å²) < 4.78 is 0. The largest absolute Gasteiger partial charge is 0.377 e. The maximum Gasteiger partial charge on any atom is 0.0235 e. The second-order valence-corrected chi connectivity index (χ2v) is 5.36. The lowest BCUT2D eigenvalue weighted by atomic mass is 10.1. The number of rotatable bonds is 6. The summed E-state index contributed by atoms with van der Waals surface area (Å²) in [6, 6.07) is 0. The Hall–Kier alpha value is -0.920. The van der Waals surface area contributed by atoms with Gasteiger partial charge in [-0.1, -0.05) is 26.0 Å². The lowest BCUT2D eigenvalue weighted by Gasteiger charge is -2.21. The van der Waals surface area contributed by atoms with Gasteiger partial charge in [-0.05, 0) is 43.5 Å². The Morgan fingerprint density at radius 2 is 1.35 bits per heavy atom. The summed E-state index contributed by atoms with van der Waals surface area (Å²) in [4.78, 5) is 4.95. The van der Waals surface area contributed by atoms with E-state index in [2.05, 4.69) is 48.2 Å². The van der Waals surface area contributed by atoms with Gasteiger partial charge >= 0.3 is 0 Å². The van der Waals surface area contributed by atoms with Gasteiger partial charge in [0, 0.05) is 26.2 Å². The van der Waals surface area contributed by atoms with E-state index in [9.17, 15) is 0 Å². The zero-order chi connectivity index (χ0) is 12.1. The third kappa shape index (κ3) is 3.52. The van der Waals surface area contributed by atoms with Crippen molar-refractivity contribution in [3.8, 4) is 0 Å². The van der Waals surface area contributed by atoms with Crippen LogP contribution in [0.15, 0.2) is 24.6 Å². The number of hydrogen-bond donors (Lipinski definition) is 0. The van der Waals surface area contributed by atoms with Gasteiger partial charge in [0.2, 0.25) is 0 Å². The van der Waals surface area contributed by atoms with Crippen molar-refractivity contribution in [2.45, 2.75) is 33.1 Å². The minimum absolute atomic E-state index is 0.797. The molecule has 17 heavy (non-hydrogen) atoms. The van der Waals surface area contributed by atoms with Crippen LogP contribution in [-0.2, 0) is 0 Å². The molecule has 2 nitrogen and oxygen atoms in total. The average molecular weight is 234 g/mol. The summed E-state index contributed by atoms with van der Waals surface area (Å²) in [6.07, 6.45) is 13.2. The fraction of sp³-hybridized carbons (Fsp3) is 0.733. The summed E-state index contributed by atoms with van der Waals surface area (Å²) in [5, 5.41) is 0. The van der Waals surface area contributed by atoms with E-state index in [4.69, 9.17) is 0 Å². The highest BCUT2D eigenvalue weighted by Crippen LogP contribution is 2.17. The highest BCUT2D eigenvalue weighted by atomic mass is 15.1. The Bertz CT molecular complexity index is 255. The normalized spacial score (nSPS) is 27.4. The highest BCUT2D eigenvalue weighted by molar-refractivity contribution is 4.99. The maximum absolute atomic E-state index is 2.48. The summed E-state index contributed by atoms with van der Waals surface area (Å²) in [5.74, 6) is 1.59. The molecule has 2 unspecified atom stereocenters. The first-order valence-corrected chi connectivity index (χ1v) is 7.16. The van der Waals surface area contributed by atoms with Crippen molar-refractivity contribution in [2.75, 3.05) is 26.2 Å². The van der Waals surface area contributed by atoms with Gasteiger partial charge in [-0.2, -0.15) is 0 Å². The molecule has 2 aliphatic heterocycles. The zero-order valence-electron chi connectivity index (χ0n) is 11.3. The Balaban J connectivity index is 1.58. The zero-order valence-corrected chi connectivity index (χ0v) is 11.3. The first-order chi connectivity index (χ1) is 8.31. The fourth-order valence-electron chi connectivity index (χ4n) is 2.67. The average Bonchev–Trinajstić information content (AvgIpc) is 2.97. The maximum atomic E-state index is 2.48. The van der Waals surface area contributed by atoms with E-state index in [0.29, 0.717) is 0 Å². The molecule has 2 aliphatic rings. The Morgan fingerprint density at radius 3 is 1.71 bits per heavy atom. The van der Waals surface area contributed by atoms with Gasteiger partial charge in [-0.15, -0.1) is 0 Å². The quantitative estimate of drug-likeness (QED) is 0.697. The topological polar surface area (TPSA) is 6.48 Å². The Kier molecular flexibility index (Phi) is 4.52. The molecule has 0 N–H and O–H groups in total. The van der Waals surface area contributed by atoms with Crippen LogP contribution in [0.1, 0.15) is 33.1 Å². The molecule has 0 fully saturated rings. The van der Waals surface area contributed by atoms with Gasteiger partial charge in [-0.3, -0.25) is 0 Å². The van der Waals surface area contributed by atoms with Gasteiger partial charge in [0.25, 0.3) is 0 Å². The molecule has 0 aromatic carbocycles. The minimum Gasteiger partial charge on any atom is -0.377 e. The molecule has 0 amide bonds. The first-order valence-electron chi connectivity index (χ1n) is 7.16. The Labute approximate surface area is 106 Å². The van der Waals surface area contributed by atoms with Gasteiger partial charge in [0.05, 0.1) is 0 Å². The minimum atomic E-state index is 0.797. The van der Waals surface area contributed by atoms with Gasteiger partial charge in [0.15, 0.2) is 0 Å². The molecular weight excluding hydrogens is 208 g/mol. The van der Waals surface area contributed by atoms with Crippen LogP contribution in [0.5, 0.6) is 0 Å². The van der Waals surface area contributed by atoms with Crippen molar-refractivity contribution < 1.29 is 0 Å². The molecule has 0 aliphatic carbocycles. The molecule has 2 rings (SSSR count). The molecule has 2 heteroatoms. The SMILES string of the molecule is CCC1C=CN(CCCN2C=CC(CC)C2)C1. The van der Waals surface area contributed by atoms with E-state index in [1.54, 1.807) is 0 Å². The van der Waals surface area contributed by atoms with Crippen molar-refractivity contribution in [3.05, 3.63) is 24.6 Å². The molecule has 0 aromatic heterocycles. The van der Waals surface area contributed by atoms with Gasteiger partial charge in [-0.25, -0.2) is 0 Å². The molecule has 2 heterocycles. The number of hydrogen-bond acceptors (Lipinski definition) is 2. The lowest BCUT2D eigenvalue weighted by molar-refractivity contribution is 0.310. The lowest BCUT2D eigenvalue weighted by Crippen LogP contribution is -2.25. The number of nitrogens with zero attached hydrogens (tertiary/aromatic N) is 2. The van der Waals surface area contributed by atoms with Crippen LogP contribution in [0.25, 0.3) is 0 Å². The van der Waals surface area contributed by atoms with Crippen LogP contribution in [0.3, 0.4) is 0 Å². The molecule has 0 saturated heterocycles. The van der Waals surface area contributed by atoms with Crippen molar-refractivity contribution in [2.24, 2.45) is 11.8 Å². The molecule has 96 valence electrons. The van der Waals surface area contributed by atoms with Gasteiger partial charge < -0.3 is 9.80 Å². The van der Waals surface area contributed by atoms with Crippen LogP contribution in [0, 0.1) is 11.8 Å². The predicted molar refractivity (Wildman–Crippen MR) is 73.6 cm³/mol.